The molecule has 0 amide bonds. The van der Waals surface area contributed by atoms with Crippen LogP contribution in [-0.4, -0.2) is 11.1 Å². The first-order valence-corrected chi connectivity index (χ1v) is 4.61. The van der Waals surface area contributed by atoms with Gasteiger partial charge in [-0.15, -0.1) is 0 Å². The third-order valence-corrected chi connectivity index (χ3v) is 2.18. The summed E-state index contributed by atoms with van der Waals surface area (Å²) in [5.74, 6) is -0.455. The van der Waals surface area contributed by atoms with Gasteiger partial charge in [0, 0.05) is 6.42 Å². The van der Waals surface area contributed by atoms with Gasteiger partial charge in [0.25, 0.3) is 0 Å². The topological polar surface area (TPSA) is 50.4 Å². The van der Waals surface area contributed by atoms with Crippen LogP contribution >= 0.6 is 0 Å². The molecule has 0 saturated carbocycles. The fourth-order valence-corrected chi connectivity index (χ4v) is 1.45. The highest BCUT2D eigenvalue weighted by Crippen LogP contribution is 2.15. The molecule has 0 aliphatic carbocycles. The Hall–Kier alpha value is -2.03. The molecule has 76 valence electrons. The average Bonchev–Trinajstić information content (AvgIpc) is 2.67. The molecule has 15 heavy (non-hydrogen) atoms. The summed E-state index contributed by atoms with van der Waals surface area (Å²) < 4.78 is 5.15. The van der Waals surface area contributed by atoms with Gasteiger partial charge in [-0.25, -0.2) is 4.79 Å². The van der Waals surface area contributed by atoms with Crippen molar-refractivity contribution in [1.82, 2.24) is 0 Å². The van der Waals surface area contributed by atoms with Crippen molar-refractivity contribution in [3.05, 3.63) is 59.5 Å². The average molecular weight is 202 g/mol. The largest absolute Gasteiger partial charge is 0.478 e. The number of carbonyl (C=O) groups is 1. The number of carboxylic acids is 1. The molecule has 0 aliphatic heterocycles. The maximum Gasteiger partial charge on any atom is 0.339 e. The van der Waals surface area contributed by atoms with Crippen molar-refractivity contribution in [2.24, 2.45) is 0 Å². The van der Waals surface area contributed by atoms with E-state index >= 15 is 0 Å². The SMILES string of the molecule is O=C(O)c1ccoc1Cc1ccccc1. The Morgan fingerprint density at radius 3 is 2.60 bits per heavy atom. The van der Waals surface area contributed by atoms with Gasteiger partial charge in [0.05, 0.1) is 6.26 Å². The van der Waals surface area contributed by atoms with Crippen LogP contribution in [0.5, 0.6) is 0 Å². The van der Waals surface area contributed by atoms with E-state index < -0.39 is 5.97 Å². The van der Waals surface area contributed by atoms with Gasteiger partial charge in [-0.3, -0.25) is 0 Å². The highest BCUT2D eigenvalue weighted by atomic mass is 16.4. The molecular weight excluding hydrogens is 192 g/mol. The standard InChI is InChI=1S/C12H10O3/c13-12(14)10-6-7-15-11(10)8-9-4-2-1-3-5-9/h1-7H,8H2,(H,13,14). The molecule has 0 atom stereocenters. The van der Waals surface area contributed by atoms with Gasteiger partial charge in [0.1, 0.15) is 11.3 Å². The fourth-order valence-electron chi connectivity index (χ4n) is 1.45. The molecule has 1 aromatic heterocycles. The highest BCUT2D eigenvalue weighted by molar-refractivity contribution is 5.88. The van der Waals surface area contributed by atoms with Crippen molar-refractivity contribution in [2.45, 2.75) is 6.42 Å². The second-order valence-corrected chi connectivity index (χ2v) is 3.22. The van der Waals surface area contributed by atoms with Gasteiger partial charge >= 0.3 is 5.97 Å². The van der Waals surface area contributed by atoms with E-state index in [1.165, 1.54) is 12.3 Å². The van der Waals surface area contributed by atoms with Crippen LogP contribution in [0, 0.1) is 0 Å². The minimum atomic E-state index is -0.949. The number of benzene rings is 1. The molecule has 0 spiro atoms. The Kier molecular flexibility index (Phi) is 2.54. The predicted octanol–water partition coefficient (Wildman–Crippen LogP) is 2.57. The fraction of sp³-hybridized carbons (Fsp3) is 0.0833. The smallest absolute Gasteiger partial charge is 0.339 e. The zero-order valence-corrected chi connectivity index (χ0v) is 8.01. The summed E-state index contributed by atoms with van der Waals surface area (Å²) in [6.07, 6.45) is 1.91. The van der Waals surface area contributed by atoms with E-state index in [2.05, 4.69) is 0 Å². The van der Waals surface area contributed by atoms with Crippen LogP contribution < -0.4 is 0 Å². The third-order valence-electron chi connectivity index (χ3n) is 2.18. The van der Waals surface area contributed by atoms with E-state index in [-0.39, 0.29) is 5.56 Å². The molecule has 2 aromatic rings. The molecular formula is C12H10O3. The van der Waals surface area contributed by atoms with E-state index in [0.717, 1.165) is 5.56 Å². The number of hydrogen-bond donors (Lipinski definition) is 1. The molecule has 3 heteroatoms. The second kappa shape index (κ2) is 4.00. The molecule has 0 unspecified atom stereocenters. The molecule has 2 rings (SSSR count). The van der Waals surface area contributed by atoms with Crippen molar-refractivity contribution in [3.63, 3.8) is 0 Å². The van der Waals surface area contributed by atoms with Crippen LogP contribution in [0.15, 0.2) is 47.1 Å². The summed E-state index contributed by atoms with van der Waals surface area (Å²) in [5, 5.41) is 8.87. The zero-order chi connectivity index (χ0) is 10.7. The number of hydrogen-bond acceptors (Lipinski definition) is 2. The number of rotatable bonds is 3. The van der Waals surface area contributed by atoms with Gasteiger partial charge in [0.15, 0.2) is 0 Å². The van der Waals surface area contributed by atoms with Gasteiger partial charge < -0.3 is 9.52 Å². The van der Waals surface area contributed by atoms with E-state index in [1.807, 2.05) is 30.3 Å². The molecule has 1 N–H and O–H groups in total. The molecule has 0 radical (unpaired) electrons. The first-order valence-electron chi connectivity index (χ1n) is 4.61. The van der Waals surface area contributed by atoms with Crippen LogP contribution in [-0.2, 0) is 6.42 Å². The molecule has 3 nitrogen and oxygen atoms in total. The number of furan rings is 1. The van der Waals surface area contributed by atoms with Crippen molar-refractivity contribution < 1.29 is 14.3 Å². The Balaban J connectivity index is 2.25. The normalized spacial score (nSPS) is 10.1. The summed E-state index contributed by atoms with van der Waals surface area (Å²) >= 11 is 0. The molecule has 0 fully saturated rings. The number of aromatic carboxylic acids is 1. The lowest BCUT2D eigenvalue weighted by molar-refractivity contribution is 0.0694. The van der Waals surface area contributed by atoms with Crippen LogP contribution in [0.2, 0.25) is 0 Å². The Morgan fingerprint density at radius 2 is 1.93 bits per heavy atom. The first-order chi connectivity index (χ1) is 7.27. The molecule has 0 bridgehead atoms. The Labute approximate surface area is 87.0 Å². The van der Waals surface area contributed by atoms with Crippen molar-refractivity contribution in [3.8, 4) is 0 Å². The van der Waals surface area contributed by atoms with Gasteiger partial charge in [-0.05, 0) is 11.6 Å². The summed E-state index contributed by atoms with van der Waals surface area (Å²) in [4.78, 5) is 10.8. The van der Waals surface area contributed by atoms with Crippen LogP contribution in [0.4, 0.5) is 0 Å². The molecule has 0 aliphatic rings. The quantitative estimate of drug-likeness (QED) is 0.832. The maximum absolute atomic E-state index is 10.8. The van der Waals surface area contributed by atoms with Crippen molar-refractivity contribution in [1.29, 1.82) is 0 Å². The van der Waals surface area contributed by atoms with Gasteiger partial charge in [-0.1, -0.05) is 30.3 Å². The Morgan fingerprint density at radius 1 is 1.20 bits per heavy atom. The van der Waals surface area contributed by atoms with Gasteiger partial charge in [0.2, 0.25) is 0 Å². The van der Waals surface area contributed by atoms with Gasteiger partial charge in [-0.2, -0.15) is 0 Å². The van der Waals surface area contributed by atoms with Crippen molar-refractivity contribution >= 4 is 5.97 Å². The minimum Gasteiger partial charge on any atom is -0.478 e. The third kappa shape index (κ3) is 2.07. The first kappa shape index (κ1) is 9.52. The zero-order valence-electron chi connectivity index (χ0n) is 8.01. The summed E-state index contributed by atoms with van der Waals surface area (Å²) in [6.45, 7) is 0. The lowest BCUT2D eigenvalue weighted by Gasteiger charge is -1.99. The number of carboxylic acid groups (broad SMARTS) is 1. The van der Waals surface area contributed by atoms with E-state index in [0.29, 0.717) is 12.2 Å². The monoisotopic (exact) mass is 202 g/mol. The second-order valence-electron chi connectivity index (χ2n) is 3.22. The summed E-state index contributed by atoms with van der Waals surface area (Å²) in [5.41, 5.74) is 1.27. The van der Waals surface area contributed by atoms with E-state index in [1.54, 1.807) is 0 Å². The molecule has 0 saturated heterocycles. The summed E-state index contributed by atoms with van der Waals surface area (Å²) in [7, 11) is 0. The molecule has 1 heterocycles. The predicted molar refractivity (Wildman–Crippen MR) is 54.9 cm³/mol. The molecule has 1 aromatic carbocycles. The van der Waals surface area contributed by atoms with Crippen LogP contribution in [0.3, 0.4) is 0 Å². The summed E-state index contributed by atoms with van der Waals surface area (Å²) in [6, 6.07) is 11.1. The van der Waals surface area contributed by atoms with Crippen LogP contribution in [0.25, 0.3) is 0 Å². The van der Waals surface area contributed by atoms with E-state index in [9.17, 15) is 4.79 Å². The minimum absolute atomic E-state index is 0.235. The highest BCUT2D eigenvalue weighted by Gasteiger charge is 2.13. The van der Waals surface area contributed by atoms with Crippen molar-refractivity contribution in [2.75, 3.05) is 0 Å². The van der Waals surface area contributed by atoms with Crippen LogP contribution in [0.1, 0.15) is 21.7 Å². The maximum atomic E-state index is 10.8. The van der Waals surface area contributed by atoms with E-state index in [4.69, 9.17) is 9.52 Å². The lowest BCUT2D eigenvalue weighted by Crippen LogP contribution is -1.99. The Bertz CT molecular complexity index is 457. The lowest BCUT2D eigenvalue weighted by atomic mass is 10.1.